The van der Waals surface area contributed by atoms with Gasteiger partial charge in [0.2, 0.25) is 0 Å². The van der Waals surface area contributed by atoms with Gasteiger partial charge in [0, 0.05) is 35.6 Å². The quantitative estimate of drug-likeness (QED) is 0.737. The molecule has 3 rings (SSSR count). The van der Waals surface area contributed by atoms with E-state index in [1.54, 1.807) is 0 Å². The lowest BCUT2D eigenvalue weighted by atomic mass is 9.90. The van der Waals surface area contributed by atoms with Gasteiger partial charge in [-0.15, -0.1) is 0 Å². The summed E-state index contributed by atoms with van der Waals surface area (Å²) in [6.07, 6.45) is 6.02. The van der Waals surface area contributed by atoms with Gasteiger partial charge >= 0.3 is 0 Å². The van der Waals surface area contributed by atoms with Crippen LogP contribution in [-0.2, 0) is 11.2 Å². The summed E-state index contributed by atoms with van der Waals surface area (Å²) in [5.74, 6) is 0.444. The number of hydrogen-bond acceptors (Lipinski definition) is 2. The number of carbonyl (C=O) groups excluding carboxylic acids is 1. The molecule has 0 amide bonds. The van der Waals surface area contributed by atoms with Gasteiger partial charge in [-0.05, 0) is 49.4 Å². The number of benzene rings is 1. The third kappa shape index (κ3) is 3.43. The van der Waals surface area contributed by atoms with Crippen LogP contribution in [0.3, 0.4) is 0 Å². The Morgan fingerprint density at radius 2 is 1.85 bits per heavy atom. The highest BCUT2D eigenvalue weighted by molar-refractivity contribution is 9.10. The molecule has 1 heterocycles. The van der Waals surface area contributed by atoms with E-state index in [0.29, 0.717) is 11.8 Å². The van der Waals surface area contributed by atoms with Crippen LogP contribution in [0.2, 0.25) is 0 Å². The molecule has 0 bridgehead atoms. The molecule has 2 aliphatic rings. The van der Waals surface area contributed by atoms with Crippen molar-refractivity contribution in [3.05, 3.63) is 28.2 Å². The minimum absolute atomic E-state index is 0.444. The molecule has 3 heteroatoms. The zero-order chi connectivity index (χ0) is 14.5. The molecule has 1 aliphatic carbocycles. The number of nitrogens with zero attached hydrogens (tertiary/aromatic N) is 1. The lowest BCUT2D eigenvalue weighted by Gasteiger charge is -2.39. The van der Waals surface area contributed by atoms with E-state index in [2.05, 4.69) is 39.0 Å². The van der Waals surface area contributed by atoms with E-state index < -0.39 is 0 Å². The van der Waals surface area contributed by atoms with Gasteiger partial charge in [-0.2, -0.15) is 0 Å². The molecule has 1 fully saturated rings. The fourth-order valence-electron chi connectivity index (χ4n) is 3.21. The van der Waals surface area contributed by atoms with Gasteiger partial charge in [0.1, 0.15) is 5.78 Å². The Kier molecular flexibility index (Phi) is 5.64. The second-order valence-corrected chi connectivity index (χ2v) is 6.26. The van der Waals surface area contributed by atoms with Crippen LogP contribution in [0.5, 0.6) is 0 Å². The van der Waals surface area contributed by atoms with Gasteiger partial charge in [0.05, 0.1) is 0 Å². The van der Waals surface area contributed by atoms with Crippen molar-refractivity contribution in [3.8, 4) is 0 Å². The Balaban J connectivity index is 0.000000704. The zero-order valence-electron chi connectivity index (χ0n) is 12.5. The van der Waals surface area contributed by atoms with Crippen LogP contribution in [0, 0.1) is 0 Å². The minimum atomic E-state index is 0.444. The summed E-state index contributed by atoms with van der Waals surface area (Å²) in [5, 5.41) is 0. The first-order valence-electron chi connectivity index (χ1n) is 7.81. The third-order valence-corrected chi connectivity index (χ3v) is 4.64. The summed E-state index contributed by atoms with van der Waals surface area (Å²) in [7, 11) is 0. The fourth-order valence-corrected chi connectivity index (χ4v) is 3.62. The van der Waals surface area contributed by atoms with Crippen LogP contribution in [-0.4, -0.2) is 18.4 Å². The van der Waals surface area contributed by atoms with Crippen molar-refractivity contribution in [2.45, 2.75) is 58.4 Å². The number of hydrogen-bond donors (Lipinski definition) is 0. The smallest absolute Gasteiger partial charge is 0.133 e. The van der Waals surface area contributed by atoms with Crippen LogP contribution in [0.15, 0.2) is 22.7 Å². The molecule has 2 nitrogen and oxygen atoms in total. The predicted octanol–water partition coefficient (Wildman–Crippen LogP) is 4.74. The summed E-state index contributed by atoms with van der Waals surface area (Å²) in [6, 6.07) is 7.18. The Bertz CT molecular complexity index is 462. The molecule has 1 saturated carbocycles. The average molecular weight is 338 g/mol. The molecule has 0 atom stereocenters. The maximum absolute atomic E-state index is 11.4. The van der Waals surface area contributed by atoms with Crippen molar-refractivity contribution >= 4 is 27.4 Å². The van der Waals surface area contributed by atoms with Crippen LogP contribution >= 0.6 is 15.9 Å². The van der Waals surface area contributed by atoms with Crippen molar-refractivity contribution < 1.29 is 4.79 Å². The fraction of sp³-hybridized carbons (Fsp3) is 0.588. The Hall–Kier alpha value is -0.830. The van der Waals surface area contributed by atoms with Crippen LogP contribution in [0.25, 0.3) is 0 Å². The molecule has 0 N–H and O–H groups in total. The molecule has 1 aliphatic heterocycles. The molecule has 0 spiro atoms. The molecular weight excluding hydrogens is 314 g/mol. The summed E-state index contributed by atoms with van der Waals surface area (Å²) >= 11 is 3.55. The van der Waals surface area contributed by atoms with Crippen molar-refractivity contribution in [3.63, 3.8) is 0 Å². The van der Waals surface area contributed by atoms with Crippen LogP contribution in [0.1, 0.15) is 51.5 Å². The first-order chi connectivity index (χ1) is 9.74. The molecule has 0 unspecified atom stereocenters. The minimum Gasteiger partial charge on any atom is -0.368 e. The SMILES string of the molecule is CC.O=C1CCC(N2CCCc3cc(Br)ccc32)CC1. The molecule has 1 aromatic rings. The van der Waals surface area contributed by atoms with E-state index in [4.69, 9.17) is 0 Å². The van der Waals surface area contributed by atoms with E-state index in [-0.39, 0.29) is 0 Å². The second kappa shape index (κ2) is 7.26. The number of anilines is 1. The number of fused-ring (bicyclic) bond motifs is 1. The number of aryl methyl sites for hydroxylation is 1. The summed E-state index contributed by atoms with van der Waals surface area (Å²) in [4.78, 5) is 13.9. The number of Topliss-reactive ketones (excluding diaryl/α,β-unsaturated/α-hetero) is 1. The predicted molar refractivity (Wildman–Crippen MR) is 88.4 cm³/mol. The van der Waals surface area contributed by atoms with E-state index in [1.807, 2.05) is 13.8 Å². The summed E-state index contributed by atoms with van der Waals surface area (Å²) in [6.45, 7) is 5.15. The zero-order valence-corrected chi connectivity index (χ0v) is 14.1. The monoisotopic (exact) mass is 337 g/mol. The average Bonchev–Trinajstić information content (AvgIpc) is 2.49. The van der Waals surface area contributed by atoms with Crippen molar-refractivity contribution in [1.29, 1.82) is 0 Å². The Morgan fingerprint density at radius 1 is 1.15 bits per heavy atom. The highest BCUT2D eigenvalue weighted by Gasteiger charge is 2.27. The number of carbonyl (C=O) groups is 1. The number of halogens is 1. The van der Waals surface area contributed by atoms with Crippen LogP contribution < -0.4 is 4.90 Å². The largest absolute Gasteiger partial charge is 0.368 e. The maximum Gasteiger partial charge on any atom is 0.133 e. The van der Waals surface area contributed by atoms with Crippen molar-refractivity contribution in [2.24, 2.45) is 0 Å². The standard InChI is InChI=1S/C15H18BrNO.C2H6/c16-12-3-8-15-11(10-12)2-1-9-17(15)13-4-6-14(18)7-5-13;1-2/h3,8,10,13H,1-2,4-7,9H2;1-2H3. The van der Waals surface area contributed by atoms with E-state index >= 15 is 0 Å². The Morgan fingerprint density at radius 3 is 2.55 bits per heavy atom. The van der Waals surface area contributed by atoms with Gasteiger partial charge in [-0.3, -0.25) is 4.79 Å². The lowest BCUT2D eigenvalue weighted by Crippen LogP contribution is -2.41. The highest BCUT2D eigenvalue weighted by Crippen LogP contribution is 2.34. The first-order valence-corrected chi connectivity index (χ1v) is 8.60. The lowest BCUT2D eigenvalue weighted by molar-refractivity contribution is -0.120. The molecule has 0 saturated heterocycles. The summed E-state index contributed by atoms with van der Waals surface area (Å²) in [5.41, 5.74) is 2.84. The van der Waals surface area contributed by atoms with Gasteiger partial charge in [-0.25, -0.2) is 0 Å². The molecule has 110 valence electrons. The number of ketones is 1. The van der Waals surface area contributed by atoms with Crippen molar-refractivity contribution in [1.82, 2.24) is 0 Å². The molecule has 0 radical (unpaired) electrons. The topological polar surface area (TPSA) is 20.3 Å². The first kappa shape index (κ1) is 15.6. The highest BCUT2D eigenvalue weighted by atomic mass is 79.9. The maximum atomic E-state index is 11.4. The van der Waals surface area contributed by atoms with Gasteiger partial charge in [-0.1, -0.05) is 29.8 Å². The molecular formula is C17H24BrNO. The van der Waals surface area contributed by atoms with Gasteiger partial charge in [0.15, 0.2) is 0 Å². The van der Waals surface area contributed by atoms with Gasteiger partial charge < -0.3 is 4.90 Å². The van der Waals surface area contributed by atoms with E-state index in [1.165, 1.54) is 28.6 Å². The van der Waals surface area contributed by atoms with Crippen LogP contribution in [0.4, 0.5) is 5.69 Å². The van der Waals surface area contributed by atoms with E-state index in [0.717, 1.165) is 32.2 Å². The Labute approximate surface area is 130 Å². The summed E-state index contributed by atoms with van der Waals surface area (Å²) < 4.78 is 1.17. The molecule has 20 heavy (non-hydrogen) atoms. The van der Waals surface area contributed by atoms with Crippen molar-refractivity contribution in [2.75, 3.05) is 11.4 Å². The van der Waals surface area contributed by atoms with E-state index in [9.17, 15) is 4.79 Å². The molecule has 0 aromatic heterocycles. The number of rotatable bonds is 1. The third-order valence-electron chi connectivity index (χ3n) is 4.15. The normalized spacial score (nSPS) is 19.1. The van der Waals surface area contributed by atoms with Gasteiger partial charge in [0.25, 0.3) is 0 Å². The second-order valence-electron chi connectivity index (χ2n) is 5.34. The molecule has 1 aromatic carbocycles.